The molecule has 4 nitrogen and oxygen atoms in total. The summed E-state index contributed by atoms with van der Waals surface area (Å²) in [4.78, 5) is 21.5. The van der Waals surface area contributed by atoms with E-state index in [1.807, 2.05) is 0 Å². The maximum atomic E-state index is 11.1. The molecule has 1 atom stereocenters. The molecule has 0 rings (SSSR count). The van der Waals surface area contributed by atoms with Crippen LogP contribution in [0.15, 0.2) is 0 Å². The van der Waals surface area contributed by atoms with E-state index in [4.69, 9.17) is 5.11 Å². The van der Waals surface area contributed by atoms with Crippen molar-refractivity contribution in [2.45, 2.75) is 58.5 Å². The number of carbonyl (C=O) groups is 2. The molecule has 0 aromatic rings. The van der Waals surface area contributed by atoms with Crippen molar-refractivity contribution >= 4 is 11.9 Å². The normalized spacial score (nSPS) is 12.1. The first kappa shape index (κ1) is 13.9. The van der Waals surface area contributed by atoms with Crippen molar-refractivity contribution in [3.05, 3.63) is 0 Å². The lowest BCUT2D eigenvalue weighted by Gasteiger charge is -2.08. The predicted octanol–water partition coefficient (Wildman–Crippen LogP) is 2.36. The fourth-order valence-corrected chi connectivity index (χ4v) is 1.18. The van der Waals surface area contributed by atoms with Gasteiger partial charge >= 0.3 is 11.9 Å². The zero-order valence-corrected chi connectivity index (χ0v) is 9.49. The van der Waals surface area contributed by atoms with Gasteiger partial charge in [0.15, 0.2) is 6.10 Å². The lowest BCUT2D eigenvalue weighted by molar-refractivity contribution is -0.162. The quantitative estimate of drug-likeness (QED) is 0.499. The number of carboxylic acid groups (broad SMARTS) is 1. The number of hydrogen-bond acceptors (Lipinski definition) is 3. The maximum absolute atomic E-state index is 11.1. The maximum Gasteiger partial charge on any atom is 0.344 e. The highest BCUT2D eigenvalue weighted by atomic mass is 16.6. The van der Waals surface area contributed by atoms with Gasteiger partial charge in [-0.25, -0.2) is 4.79 Å². The first-order chi connectivity index (χ1) is 7.07. The topological polar surface area (TPSA) is 63.6 Å². The number of carboxylic acids is 1. The second-order valence-corrected chi connectivity index (χ2v) is 3.63. The molecule has 1 N–H and O–H groups in total. The summed E-state index contributed by atoms with van der Waals surface area (Å²) in [6, 6.07) is 0. The number of aliphatic carboxylic acids is 1. The minimum Gasteiger partial charge on any atom is -0.479 e. The van der Waals surface area contributed by atoms with E-state index in [0.717, 1.165) is 19.3 Å². The van der Waals surface area contributed by atoms with Crippen LogP contribution in [0.4, 0.5) is 0 Å². The minimum absolute atomic E-state index is 0.321. The van der Waals surface area contributed by atoms with Gasteiger partial charge in [-0.1, -0.05) is 32.6 Å². The van der Waals surface area contributed by atoms with E-state index in [0.29, 0.717) is 6.42 Å². The van der Waals surface area contributed by atoms with Crippen molar-refractivity contribution in [2.24, 2.45) is 0 Å². The van der Waals surface area contributed by atoms with Gasteiger partial charge < -0.3 is 9.84 Å². The number of carbonyl (C=O) groups excluding carboxylic acids is 1. The van der Waals surface area contributed by atoms with Crippen molar-refractivity contribution in [3.63, 3.8) is 0 Å². The van der Waals surface area contributed by atoms with Crippen molar-refractivity contribution in [1.29, 1.82) is 0 Å². The Kier molecular flexibility index (Phi) is 7.68. The molecule has 0 aromatic heterocycles. The highest BCUT2D eigenvalue weighted by molar-refractivity contribution is 5.77. The largest absolute Gasteiger partial charge is 0.479 e. The molecule has 0 aliphatic carbocycles. The number of rotatable bonds is 8. The summed E-state index contributed by atoms with van der Waals surface area (Å²) >= 11 is 0. The van der Waals surface area contributed by atoms with Crippen molar-refractivity contribution < 1.29 is 19.4 Å². The van der Waals surface area contributed by atoms with Crippen LogP contribution >= 0.6 is 0 Å². The molecule has 0 bridgehead atoms. The van der Waals surface area contributed by atoms with Crippen LogP contribution in [-0.2, 0) is 14.3 Å². The monoisotopic (exact) mass is 216 g/mol. The van der Waals surface area contributed by atoms with Crippen molar-refractivity contribution in [3.8, 4) is 0 Å². The van der Waals surface area contributed by atoms with E-state index in [9.17, 15) is 9.59 Å². The Hall–Kier alpha value is -1.06. The molecule has 4 heteroatoms. The SMILES string of the molecule is CCCCCCCC(=O)OC(C)C(=O)O. The van der Waals surface area contributed by atoms with E-state index in [1.54, 1.807) is 0 Å². The third-order valence-corrected chi connectivity index (χ3v) is 2.14. The summed E-state index contributed by atoms with van der Waals surface area (Å²) in [7, 11) is 0. The molecular weight excluding hydrogens is 196 g/mol. The molecule has 0 saturated heterocycles. The van der Waals surface area contributed by atoms with Gasteiger partial charge in [-0.2, -0.15) is 0 Å². The third-order valence-electron chi connectivity index (χ3n) is 2.14. The lowest BCUT2D eigenvalue weighted by Crippen LogP contribution is -2.23. The molecule has 0 spiro atoms. The second kappa shape index (κ2) is 8.26. The minimum atomic E-state index is -1.10. The fourth-order valence-electron chi connectivity index (χ4n) is 1.18. The van der Waals surface area contributed by atoms with Crippen LogP contribution in [0.3, 0.4) is 0 Å². The van der Waals surface area contributed by atoms with Crippen LogP contribution in [0, 0.1) is 0 Å². The van der Waals surface area contributed by atoms with E-state index >= 15 is 0 Å². The first-order valence-electron chi connectivity index (χ1n) is 5.50. The Morgan fingerprint density at radius 2 is 1.80 bits per heavy atom. The average molecular weight is 216 g/mol. The molecule has 88 valence electrons. The highest BCUT2D eigenvalue weighted by Crippen LogP contribution is 2.06. The third kappa shape index (κ3) is 7.97. The zero-order chi connectivity index (χ0) is 11.7. The highest BCUT2D eigenvalue weighted by Gasteiger charge is 2.15. The second-order valence-electron chi connectivity index (χ2n) is 3.63. The van der Waals surface area contributed by atoms with Crippen molar-refractivity contribution in [1.82, 2.24) is 0 Å². The van der Waals surface area contributed by atoms with Gasteiger partial charge in [-0.15, -0.1) is 0 Å². The van der Waals surface area contributed by atoms with Crippen molar-refractivity contribution in [2.75, 3.05) is 0 Å². The van der Waals surface area contributed by atoms with E-state index in [-0.39, 0.29) is 0 Å². The smallest absolute Gasteiger partial charge is 0.344 e. The van der Waals surface area contributed by atoms with Gasteiger partial charge in [0.25, 0.3) is 0 Å². The van der Waals surface area contributed by atoms with Crippen LogP contribution in [0.25, 0.3) is 0 Å². The molecule has 0 aliphatic rings. The molecule has 0 aliphatic heterocycles. The number of ether oxygens (including phenoxy) is 1. The van der Waals surface area contributed by atoms with Gasteiger partial charge in [0.1, 0.15) is 0 Å². The summed E-state index contributed by atoms with van der Waals surface area (Å²) in [6.45, 7) is 3.49. The molecule has 0 fully saturated rings. The van der Waals surface area contributed by atoms with Crippen LogP contribution in [0.5, 0.6) is 0 Å². The Balaban J connectivity index is 3.45. The molecule has 0 saturated carbocycles. The molecule has 0 aromatic carbocycles. The fraction of sp³-hybridized carbons (Fsp3) is 0.818. The van der Waals surface area contributed by atoms with Crippen LogP contribution in [0.1, 0.15) is 52.4 Å². The van der Waals surface area contributed by atoms with Gasteiger partial charge in [0.05, 0.1) is 0 Å². The van der Waals surface area contributed by atoms with Crippen LogP contribution in [-0.4, -0.2) is 23.1 Å². The molecule has 0 radical (unpaired) electrons. The first-order valence-corrected chi connectivity index (χ1v) is 5.50. The number of unbranched alkanes of at least 4 members (excludes halogenated alkanes) is 4. The molecular formula is C11H20O4. The number of hydrogen-bond donors (Lipinski definition) is 1. The summed E-state index contributed by atoms with van der Waals surface area (Å²) in [5, 5.41) is 8.50. The van der Waals surface area contributed by atoms with Gasteiger partial charge in [-0.05, 0) is 13.3 Å². The van der Waals surface area contributed by atoms with E-state index in [2.05, 4.69) is 11.7 Å². The number of esters is 1. The summed E-state index contributed by atoms with van der Waals surface area (Å²) in [5.74, 6) is -1.52. The van der Waals surface area contributed by atoms with Crippen LogP contribution < -0.4 is 0 Å². The molecule has 0 amide bonds. The molecule has 0 heterocycles. The Morgan fingerprint density at radius 3 is 2.33 bits per heavy atom. The van der Waals surface area contributed by atoms with E-state index in [1.165, 1.54) is 19.8 Å². The van der Waals surface area contributed by atoms with Gasteiger partial charge in [0.2, 0.25) is 0 Å². The van der Waals surface area contributed by atoms with E-state index < -0.39 is 18.0 Å². The Morgan fingerprint density at radius 1 is 1.20 bits per heavy atom. The molecule has 1 unspecified atom stereocenters. The summed E-state index contributed by atoms with van der Waals surface area (Å²) in [6.07, 6.45) is 4.55. The summed E-state index contributed by atoms with van der Waals surface area (Å²) in [5.41, 5.74) is 0. The summed E-state index contributed by atoms with van der Waals surface area (Å²) < 4.78 is 4.68. The zero-order valence-electron chi connectivity index (χ0n) is 9.49. The average Bonchev–Trinajstić information content (AvgIpc) is 2.17. The standard InChI is InChI=1S/C11H20O4/c1-3-4-5-6-7-8-10(12)15-9(2)11(13)14/h9H,3-8H2,1-2H3,(H,13,14). The Bertz CT molecular complexity index is 201. The Labute approximate surface area is 90.6 Å². The van der Waals surface area contributed by atoms with Gasteiger partial charge in [0, 0.05) is 6.42 Å². The molecule has 15 heavy (non-hydrogen) atoms. The lowest BCUT2D eigenvalue weighted by atomic mass is 10.1. The van der Waals surface area contributed by atoms with Crippen LogP contribution in [0.2, 0.25) is 0 Å². The predicted molar refractivity (Wildman–Crippen MR) is 56.6 cm³/mol. The van der Waals surface area contributed by atoms with Gasteiger partial charge in [-0.3, -0.25) is 4.79 Å².